The van der Waals surface area contributed by atoms with Crippen LogP contribution in [0.2, 0.25) is 0 Å². The molecule has 0 amide bonds. The lowest BCUT2D eigenvalue weighted by Crippen LogP contribution is -2.29. The Kier molecular flexibility index (Phi) is 10.6. The second kappa shape index (κ2) is 14.3. The Hall–Kier alpha value is -4.48. The highest BCUT2D eigenvalue weighted by Gasteiger charge is 2.44. The van der Waals surface area contributed by atoms with Crippen LogP contribution in [0.5, 0.6) is 0 Å². The minimum Gasteiger partial charge on any atom is -0.478 e. The molecule has 2 aliphatic heterocycles. The number of carbonyl (C=O) groups is 2. The van der Waals surface area contributed by atoms with Crippen molar-refractivity contribution in [2.24, 2.45) is 0 Å². The van der Waals surface area contributed by atoms with E-state index in [0.717, 1.165) is 52.4 Å². The summed E-state index contributed by atoms with van der Waals surface area (Å²) in [7, 11) is -1.15. The first-order chi connectivity index (χ1) is 23.8. The van der Waals surface area contributed by atoms with E-state index in [1.54, 1.807) is 63.9 Å². The molecule has 11 heteroatoms. The van der Waals surface area contributed by atoms with Crippen molar-refractivity contribution in [3.05, 3.63) is 129 Å². The molecule has 0 spiro atoms. The molecule has 0 saturated carbocycles. The van der Waals surface area contributed by atoms with Gasteiger partial charge in [-0.25, -0.2) is 17.6 Å². The number of hydrogen-bond donors (Lipinski definition) is 0. The van der Waals surface area contributed by atoms with Gasteiger partial charge in [-0.05, 0) is 119 Å². The third kappa shape index (κ3) is 7.74. The number of Topliss-reactive ketones (excluding diaryl/α,β-unsaturated/α-hetero) is 2. The quantitative estimate of drug-likeness (QED) is 0.145. The Morgan fingerprint density at radius 1 is 0.588 bits per heavy atom. The van der Waals surface area contributed by atoms with E-state index in [4.69, 9.17) is 9.47 Å². The molecule has 0 bridgehead atoms. The Morgan fingerprint density at radius 3 is 1.33 bits per heavy atom. The van der Waals surface area contributed by atoms with Crippen LogP contribution in [0.15, 0.2) is 82.6 Å². The maximum absolute atomic E-state index is 13.7. The summed E-state index contributed by atoms with van der Waals surface area (Å²) in [6, 6.07) is 17.0. The number of rotatable bonds is 6. The average molecular weight is 737 g/mol. The Bertz CT molecular complexity index is 2140. The van der Waals surface area contributed by atoms with E-state index in [9.17, 15) is 31.4 Å². The summed E-state index contributed by atoms with van der Waals surface area (Å²) in [4.78, 5) is 27.4. The van der Waals surface area contributed by atoms with Gasteiger partial charge in [0.1, 0.15) is 34.8 Å². The first-order valence-corrected chi connectivity index (χ1v) is 18.6. The molecule has 51 heavy (non-hydrogen) atoms. The predicted molar refractivity (Wildman–Crippen MR) is 193 cm³/mol. The van der Waals surface area contributed by atoms with Crippen LogP contribution in [0.1, 0.15) is 61.1 Å². The molecule has 0 saturated heterocycles. The van der Waals surface area contributed by atoms with Gasteiger partial charge in [0.25, 0.3) is 0 Å². The zero-order chi connectivity index (χ0) is 37.6. The fraction of sp³-hybridized carbons (Fsp3) is 0.250. The van der Waals surface area contributed by atoms with Gasteiger partial charge in [0.05, 0.1) is 21.9 Å². The van der Waals surface area contributed by atoms with Crippen LogP contribution in [0, 0.1) is 37.1 Å². The number of ketones is 2. The molecule has 0 aliphatic carbocycles. The molecule has 1 unspecified atom stereocenters. The second-order valence-electron chi connectivity index (χ2n) is 13.2. The van der Waals surface area contributed by atoms with Crippen molar-refractivity contribution in [1.82, 2.24) is 0 Å². The van der Waals surface area contributed by atoms with Crippen molar-refractivity contribution in [2.45, 2.75) is 62.5 Å². The highest BCUT2D eigenvalue weighted by Crippen LogP contribution is 2.43. The lowest BCUT2D eigenvalue weighted by Gasteiger charge is -2.18. The molecule has 0 fully saturated rings. The molecule has 5 nitrogen and oxygen atoms in total. The summed E-state index contributed by atoms with van der Waals surface area (Å²) < 4.78 is 78.2. The smallest absolute Gasteiger partial charge is 0.210 e. The number of carbonyl (C=O) groups excluding carboxylic acids is 2. The number of thioether (sulfide) groups is 1. The Labute approximate surface area is 301 Å². The normalized spacial score (nSPS) is 16.9. The molecule has 0 radical (unpaired) electrons. The highest BCUT2D eigenvalue weighted by molar-refractivity contribution is 7.98. The lowest BCUT2D eigenvalue weighted by molar-refractivity contribution is -0.125. The van der Waals surface area contributed by atoms with Crippen molar-refractivity contribution < 1.29 is 40.8 Å². The van der Waals surface area contributed by atoms with E-state index in [-0.39, 0.29) is 39.6 Å². The maximum atomic E-state index is 13.7. The van der Waals surface area contributed by atoms with Crippen LogP contribution in [0.4, 0.5) is 17.6 Å². The largest absolute Gasteiger partial charge is 0.478 e. The van der Waals surface area contributed by atoms with Crippen molar-refractivity contribution in [3.8, 4) is 0 Å². The summed E-state index contributed by atoms with van der Waals surface area (Å²) in [6.45, 7) is 10.3. The number of halogens is 4. The van der Waals surface area contributed by atoms with Gasteiger partial charge in [-0.2, -0.15) is 0 Å². The lowest BCUT2D eigenvalue weighted by atomic mass is 9.92. The van der Waals surface area contributed by atoms with Gasteiger partial charge in [0.2, 0.25) is 11.6 Å². The SMILES string of the molecule is CSc1ccc(C2=C(c3cc(F)cc(F)c3)C(=O)C(C)(C)O2)cc1C.Cc1cc(C2=C(c3cc(F)cc(F)c3)C(=O)C(C)(C)O2)ccc1S(C)=O. The van der Waals surface area contributed by atoms with Gasteiger partial charge in [0, 0.05) is 39.3 Å². The minimum absolute atomic E-state index is 0.133. The van der Waals surface area contributed by atoms with Crippen molar-refractivity contribution >= 4 is 56.8 Å². The van der Waals surface area contributed by atoms with E-state index < -0.39 is 45.3 Å². The molecule has 4 aromatic rings. The summed E-state index contributed by atoms with van der Waals surface area (Å²) in [5.74, 6) is -3.01. The van der Waals surface area contributed by atoms with Gasteiger partial charge in [-0.15, -0.1) is 11.8 Å². The topological polar surface area (TPSA) is 69.7 Å². The molecule has 1 atom stereocenters. The van der Waals surface area contributed by atoms with Gasteiger partial charge in [-0.3, -0.25) is 13.8 Å². The number of benzene rings is 4. The maximum Gasteiger partial charge on any atom is 0.210 e. The van der Waals surface area contributed by atoms with Crippen LogP contribution >= 0.6 is 11.8 Å². The molecule has 4 aromatic carbocycles. The highest BCUT2D eigenvalue weighted by atomic mass is 32.2. The zero-order valence-electron chi connectivity index (χ0n) is 29.3. The van der Waals surface area contributed by atoms with Crippen molar-refractivity contribution in [3.63, 3.8) is 0 Å². The van der Waals surface area contributed by atoms with Crippen molar-refractivity contribution in [1.29, 1.82) is 0 Å². The van der Waals surface area contributed by atoms with Gasteiger partial charge < -0.3 is 9.47 Å². The van der Waals surface area contributed by atoms with Crippen LogP contribution in [-0.2, 0) is 29.9 Å². The molecule has 2 aliphatic rings. The fourth-order valence-electron chi connectivity index (χ4n) is 5.97. The Morgan fingerprint density at radius 2 is 0.980 bits per heavy atom. The molecule has 0 aromatic heterocycles. The van der Waals surface area contributed by atoms with Crippen LogP contribution in [0.25, 0.3) is 22.7 Å². The van der Waals surface area contributed by atoms with E-state index in [0.29, 0.717) is 21.8 Å². The number of ether oxygens (including phenoxy) is 2. The molecule has 6 rings (SSSR count). The van der Waals surface area contributed by atoms with Crippen LogP contribution in [0.3, 0.4) is 0 Å². The summed E-state index contributed by atoms with van der Waals surface area (Å²) in [6.07, 6.45) is 3.57. The third-order valence-electron chi connectivity index (χ3n) is 8.42. The molecular weight excluding hydrogens is 701 g/mol. The van der Waals surface area contributed by atoms with Gasteiger partial charge >= 0.3 is 0 Å². The monoisotopic (exact) mass is 736 g/mol. The predicted octanol–water partition coefficient (Wildman–Crippen LogP) is 9.50. The molecule has 0 N–H and O–H groups in total. The standard InChI is InChI=1S/C20H18F2O3S.C20H18F2O2S/c1-11-7-12(5-6-16(11)26(4)24)18-17(19(23)20(2,3)25-18)13-8-14(21)10-15(22)9-13;1-11-7-12(5-6-16(11)25-4)18-17(19(23)20(2,3)24-18)13-8-14(21)10-15(22)9-13/h5-10H,1-4H3;5-10H,1-4H3. The third-order valence-corrected chi connectivity index (χ3v) is 10.4. The molecule has 266 valence electrons. The number of aryl methyl sites for hydroxylation is 2. The molecule has 2 heterocycles. The van der Waals surface area contributed by atoms with Crippen LogP contribution in [-0.4, -0.2) is 39.5 Å². The average Bonchev–Trinajstić information content (AvgIpc) is 3.42. The number of hydrogen-bond acceptors (Lipinski definition) is 6. The fourth-order valence-corrected chi connectivity index (χ4v) is 7.33. The van der Waals surface area contributed by atoms with Gasteiger partial charge in [0.15, 0.2) is 11.2 Å². The minimum atomic E-state index is -1.15. The zero-order valence-corrected chi connectivity index (χ0v) is 30.9. The summed E-state index contributed by atoms with van der Waals surface area (Å²) >= 11 is 1.63. The van der Waals surface area contributed by atoms with E-state index in [1.165, 1.54) is 0 Å². The first-order valence-electron chi connectivity index (χ1n) is 15.8. The van der Waals surface area contributed by atoms with E-state index in [2.05, 4.69) is 0 Å². The Balaban J connectivity index is 0.000000198. The summed E-state index contributed by atoms with van der Waals surface area (Å²) in [5.41, 5.74) is 1.57. The van der Waals surface area contributed by atoms with Crippen molar-refractivity contribution in [2.75, 3.05) is 12.5 Å². The van der Waals surface area contributed by atoms with Gasteiger partial charge in [-0.1, -0.05) is 12.1 Å². The van der Waals surface area contributed by atoms with Crippen LogP contribution < -0.4 is 0 Å². The second-order valence-corrected chi connectivity index (χ2v) is 15.4. The molecular formula is C40H36F4O5S2. The summed E-state index contributed by atoms with van der Waals surface area (Å²) in [5, 5.41) is 0. The first kappa shape index (κ1) is 37.8. The van der Waals surface area contributed by atoms with E-state index in [1.807, 2.05) is 38.3 Å². The van der Waals surface area contributed by atoms with E-state index >= 15 is 0 Å².